The first-order valence-electron chi connectivity index (χ1n) is 9.98. The van der Waals surface area contributed by atoms with Crippen LogP contribution in [0.1, 0.15) is 68.6 Å². The highest BCUT2D eigenvalue weighted by molar-refractivity contribution is 7.89. The van der Waals surface area contributed by atoms with Crippen molar-refractivity contribution < 1.29 is 17.6 Å². The molecule has 5 nitrogen and oxygen atoms in total. The van der Waals surface area contributed by atoms with Gasteiger partial charge in [-0.15, -0.1) is 0 Å². The summed E-state index contributed by atoms with van der Waals surface area (Å²) in [6.45, 7) is 2.95. The molecule has 0 radical (unpaired) electrons. The SMILES string of the molecule is CC1CCCN(S(=O)(=O)c2ccc(F)c(C(=O)NC3CCCCCC3)c2)C1. The molecule has 7 heteroatoms. The van der Waals surface area contributed by atoms with Crippen molar-refractivity contribution in [2.75, 3.05) is 13.1 Å². The highest BCUT2D eigenvalue weighted by atomic mass is 32.2. The van der Waals surface area contributed by atoms with E-state index in [1.165, 1.54) is 16.4 Å². The molecule has 1 aliphatic heterocycles. The summed E-state index contributed by atoms with van der Waals surface area (Å²) in [5.74, 6) is -0.914. The normalized spacial score (nSPS) is 23.0. The molecule has 1 N–H and O–H groups in total. The van der Waals surface area contributed by atoms with E-state index in [0.29, 0.717) is 19.0 Å². The molecule has 1 amide bonds. The smallest absolute Gasteiger partial charge is 0.254 e. The van der Waals surface area contributed by atoms with E-state index in [-0.39, 0.29) is 16.5 Å². The van der Waals surface area contributed by atoms with Gasteiger partial charge in [-0.25, -0.2) is 12.8 Å². The average molecular weight is 397 g/mol. The van der Waals surface area contributed by atoms with Gasteiger partial charge in [0.2, 0.25) is 10.0 Å². The van der Waals surface area contributed by atoms with E-state index < -0.39 is 21.7 Å². The van der Waals surface area contributed by atoms with Crippen LogP contribution >= 0.6 is 0 Å². The third-order valence-corrected chi connectivity index (χ3v) is 7.49. The molecule has 0 bridgehead atoms. The molecular weight excluding hydrogens is 367 g/mol. The number of hydrogen-bond acceptors (Lipinski definition) is 3. The third-order valence-electron chi connectivity index (χ3n) is 5.63. The second kappa shape index (κ2) is 8.69. The van der Waals surface area contributed by atoms with Crippen molar-refractivity contribution in [1.29, 1.82) is 0 Å². The second-order valence-corrected chi connectivity index (χ2v) is 9.85. The van der Waals surface area contributed by atoms with Crippen molar-refractivity contribution >= 4 is 15.9 Å². The van der Waals surface area contributed by atoms with Crippen LogP contribution in [0.5, 0.6) is 0 Å². The summed E-state index contributed by atoms with van der Waals surface area (Å²) in [4.78, 5) is 12.6. The van der Waals surface area contributed by atoms with Gasteiger partial charge in [0.05, 0.1) is 10.5 Å². The van der Waals surface area contributed by atoms with Gasteiger partial charge in [-0.1, -0.05) is 32.6 Å². The molecule has 1 atom stereocenters. The second-order valence-electron chi connectivity index (χ2n) is 7.91. The lowest BCUT2D eigenvalue weighted by Crippen LogP contribution is -2.39. The number of benzene rings is 1. The topological polar surface area (TPSA) is 66.5 Å². The van der Waals surface area contributed by atoms with Gasteiger partial charge in [-0.05, 0) is 49.8 Å². The zero-order chi connectivity index (χ0) is 19.4. The molecule has 0 aromatic heterocycles. The van der Waals surface area contributed by atoms with Crippen LogP contribution in [-0.2, 0) is 10.0 Å². The minimum atomic E-state index is -3.72. The van der Waals surface area contributed by atoms with E-state index in [9.17, 15) is 17.6 Å². The lowest BCUT2D eigenvalue weighted by molar-refractivity contribution is 0.0929. The number of nitrogens with zero attached hydrogens (tertiary/aromatic N) is 1. The Morgan fingerprint density at radius 3 is 2.48 bits per heavy atom. The largest absolute Gasteiger partial charge is 0.349 e. The Hall–Kier alpha value is -1.47. The molecule has 1 aromatic rings. The summed E-state index contributed by atoms with van der Waals surface area (Å²) in [7, 11) is -3.72. The Bertz CT molecular complexity index is 773. The first kappa shape index (κ1) is 20.3. The summed E-state index contributed by atoms with van der Waals surface area (Å²) >= 11 is 0. The summed E-state index contributed by atoms with van der Waals surface area (Å²) < 4.78 is 41.6. The maximum Gasteiger partial charge on any atom is 0.254 e. The molecule has 1 heterocycles. The first-order valence-corrected chi connectivity index (χ1v) is 11.4. The van der Waals surface area contributed by atoms with Crippen molar-refractivity contribution in [2.45, 2.75) is 69.2 Å². The molecular formula is C20H29FN2O3S. The number of nitrogens with one attached hydrogen (secondary N) is 1. The van der Waals surface area contributed by atoms with E-state index in [1.54, 1.807) is 0 Å². The van der Waals surface area contributed by atoms with E-state index in [4.69, 9.17) is 0 Å². The van der Waals surface area contributed by atoms with E-state index in [2.05, 4.69) is 5.32 Å². The lowest BCUT2D eigenvalue weighted by atomic mass is 10.0. The first-order chi connectivity index (χ1) is 12.9. The van der Waals surface area contributed by atoms with Crippen molar-refractivity contribution in [2.24, 2.45) is 5.92 Å². The fraction of sp³-hybridized carbons (Fsp3) is 0.650. The van der Waals surface area contributed by atoms with Crippen LogP contribution in [0.3, 0.4) is 0 Å². The summed E-state index contributed by atoms with van der Waals surface area (Å²) in [6.07, 6.45) is 8.00. The Balaban J connectivity index is 1.79. The summed E-state index contributed by atoms with van der Waals surface area (Å²) in [5.41, 5.74) is -0.189. The standard InChI is InChI=1S/C20H29FN2O3S/c1-15-7-6-12-23(14-15)27(25,26)17-10-11-19(21)18(13-17)20(24)22-16-8-4-2-3-5-9-16/h10-11,13,15-16H,2-9,12,14H2,1H3,(H,22,24). The van der Waals surface area contributed by atoms with Crippen LogP contribution in [0.15, 0.2) is 23.1 Å². The zero-order valence-electron chi connectivity index (χ0n) is 15.9. The van der Waals surface area contributed by atoms with E-state index in [0.717, 1.165) is 57.4 Å². The maximum atomic E-state index is 14.3. The van der Waals surface area contributed by atoms with Gasteiger partial charge in [0.1, 0.15) is 5.82 Å². The summed E-state index contributed by atoms with van der Waals surface area (Å²) in [5, 5.41) is 2.89. The third kappa shape index (κ3) is 4.88. The van der Waals surface area contributed by atoms with Gasteiger partial charge in [-0.3, -0.25) is 4.79 Å². The molecule has 1 aliphatic carbocycles. The van der Waals surface area contributed by atoms with Crippen molar-refractivity contribution in [1.82, 2.24) is 9.62 Å². The lowest BCUT2D eigenvalue weighted by Gasteiger charge is -2.30. The number of carbonyl (C=O) groups is 1. The van der Waals surface area contributed by atoms with Gasteiger partial charge in [-0.2, -0.15) is 4.31 Å². The van der Waals surface area contributed by atoms with E-state index in [1.807, 2.05) is 6.92 Å². The van der Waals surface area contributed by atoms with Crippen LogP contribution in [0, 0.1) is 11.7 Å². The number of amides is 1. The monoisotopic (exact) mass is 396 g/mol. The van der Waals surface area contributed by atoms with Gasteiger partial charge in [0.15, 0.2) is 0 Å². The Morgan fingerprint density at radius 2 is 1.81 bits per heavy atom. The molecule has 1 saturated heterocycles. The molecule has 2 fully saturated rings. The van der Waals surface area contributed by atoms with Crippen LogP contribution in [0.4, 0.5) is 4.39 Å². The van der Waals surface area contributed by atoms with Crippen molar-refractivity contribution in [3.8, 4) is 0 Å². The van der Waals surface area contributed by atoms with Gasteiger partial charge >= 0.3 is 0 Å². The van der Waals surface area contributed by atoms with Gasteiger partial charge < -0.3 is 5.32 Å². The molecule has 0 spiro atoms. The minimum absolute atomic E-state index is 0.0102. The predicted molar refractivity (Wildman–Crippen MR) is 103 cm³/mol. The van der Waals surface area contributed by atoms with E-state index >= 15 is 0 Å². The van der Waals surface area contributed by atoms with Crippen LogP contribution in [0.25, 0.3) is 0 Å². The van der Waals surface area contributed by atoms with Crippen LogP contribution in [0.2, 0.25) is 0 Å². The molecule has 27 heavy (non-hydrogen) atoms. The highest BCUT2D eigenvalue weighted by Gasteiger charge is 2.30. The number of halogens is 1. The molecule has 1 unspecified atom stereocenters. The molecule has 150 valence electrons. The average Bonchev–Trinajstić information content (AvgIpc) is 2.90. The fourth-order valence-electron chi connectivity index (χ4n) is 4.04. The van der Waals surface area contributed by atoms with Crippen LogP contribution in [-0.4, -0.2) is 37.8 Å². The molecule has 1 saturated carbocycles. The quantitative estimate of drug-likeness (QED) is 0.789. The Labute approximate surface area is 161 Å². The molecule has 2 aliphatic rings. The molecule has 1 aromatic carbocycles. The Morgan fingerprint density at radius 1 is 1.11 bits per heavy atom. The Kier molecular flexibility index (Phi) is 6.52. The number of hydrogen-bond donors (Lipinski definition) is 1. The number of sulfonamides is 1. The predicted octanol–water partition coefficient (Wildman–Crippen LogP) is 3.70. The number of piperidine rings is 1. The fourth-order valence-corrected chi connectivity index (χ4v) is 5.66. The minimum Gasteiger partial charge on any atom is -0.349 e. The number of carbonyl (C=O) groups excluding carboxylic acids is 1. The molecule has 3 rings (SSSR count). The van der Waals surface area contributed by atoms with Crippen molar-refractivity contribution in [3.05, 3.63) is 29.6 Å². The zero-order valence-corrected chi connectivity index (χ0v) is 16.7. The van der Waals surface area contributed by atoms with Gasteiger partial charge in [0, 0.05) is 19.1 Å². The highest BCUT2D eigenvalue weighted by Crippen LogP contribution is 2.25. The van der Waals surface area contributed by atoms with Crippen LogP contribution < -0.4 is 5.32 Å². The maximum absolute atomic E-state index is 14.3. The number of rotatable bonds is 4. The summed E-state index contributed by atoms with van der Waals surface area (Å²) in [6, 6.07) is 3.56. The van der Waals surface area contributed by atoms with Crippen molar-refractivity contribution in [3.63, 3.8) is 0 Å². The van der Waals surface area contributed by atoms with Gasteiger partial charge in [0.25, 0.3) is 5.91 Å².